The summed E-state index contributed by atoms with van der Waals surface area (Å²) in [4.78, 5) is 36.1. The van der Waals surface area contributed by atoms with Crippen molar-refractivity contribution in [1.82, 2.24) is 39.1 Å². The highest BCUT2D eigenvalue weighted by Crippen LogP contribution is 2.19. The summed E-state index contributed by atoms with van der Waals surface area (Å²) in [5, 5.41) is 0. The van der Waals surface area contributed by atoms with E-state index < -0.39 is 40.2 Å². The zero-order valence-corrected chi connectivity index (χ0v) is 31.6. The number of nitrogens with one attached hydrogen (secondary N) is 8. The molecule has 0 saturated carbocycles. The van der Waals surface area contributed by atoms with E-state index in [0.717, 1.165) is 12.6 Å². The maximum Gasteiger partial charge on any atom is 0.242 e. The first-order valence-electron chi connectivity index (χ1n) is 15.6. The maximum absolute atomic E-state index is 11.4. The summed E-state index contributed by atoms with van der Waals surface area (Å²) < 4.78 is 106. The lowest BCUT2D eigenvalue weighted by atomic mass is 10.2. The number of Topliss-reactive ketones (excluding diaryl/α,β-unsaturated/α-hetero) is 2. The van der Waals surface area contributed by atoms with Gasteiger partial charge in [-0.15, -0.1) is 0 Å². The smallest absolute Gasteiger partial charge is 0.242 e. The predicted molar refractivity (Wildman–Crippen MR) is 190 cm³/mol. The Kier molecular flexibility index (Phi) is 15.3. The average molecular weight is 816 g/mol. The van der Waals surface area contributed by atoms with Crippen LogP contribution in [0.5, 0.6) is 0 Å². The first kappa shape index (κ1) is 42.8. The van der Waals surface area contributed by atoms with Gasteiger partial charge in [-0.3, -0.25) is 9.59 Å². The van der Waals surface area contributed by atoms with E-state index in [1.165, 1.54) is 54.7 Å². The lowest BCUT2D eigenvalue weighted by Gasteiger charge is -2.01. The second-order valence-corrected chi connectivity index (χ2v) is 17.5. The standard InChI is InChI=1S/2C7H8N2O3S.C7H12N2O2S.C5H7N.C4H5NO3S/c10-5-1-4-9-13(11,12)6-2-3-8-7(5)6;10-6-1-2-9-13(11,12)7-4-8-3-5(6)7;1-2-4-9-12(10,11)7-3-5-8-6-7;1-5-2-3-6-4-5;6-9(7,8)4-1-2-5-3-4/h2-3,8-9H,1,4H2;3-4,8-9H,1-2H2;3,5-6,8-9H,2,4H2,1H3;2-4,6H,1H3;1-3,5H,(H,6,7,8)/p-1. The number of fused-ring (bicyclic) bond motifs is 2. The van der Waals surface area contributed by atoms with Gasteiger partial charge in [-0.1, -0.05) is 6.92 Å². The Balaban J connectivity index is 0.000000182. The van der Waals surface area contributed by atoms with E-state index in [2.05, 4.69) is 46.0 Å². The Morgan fingerprint density at radius 3 is 1.75 bits per heavy atom. The summed E-state index contributed by atoms with van der Waals surface area (Å²) in [5.74, 6) is -0.321. The zero-order chi connectivity index (χ0) is 39.3. The van der Waals surface area contributed by atoms with Gasteiger partial charge in [-0.25, -0.2) is 47.8 Å². The first-order valence-corrected chi connectivity index (χ1v) is 21.4. The number of aryl methyl sites for hydroxylation is 1. The van der Waals surface area contributed by atoms with Crippen LogP contribution < -0.4 is 14.2 Å². The molecule has 5 aromatic rings. The second-order valence-electron chi connectivity index (χ2n) is 10.9. The molecular formula is C30H39N8O11S4-. The third kappa shape index (κ3) is 12.8. The summed E-state index contributed by atoms with van der Waals surface area (Å²) in [7, 11) is -14.4. The molecule has 0 radical (unpaired) electrons. The van der Waals surface area contributed by atoms with Crippen molar-refractivity contribution < 1.29 is 47.8 Å². The minimum Gasteiger partial charge on any atom is -0.744 e. The third-order valence-corrected chi connectivity index (χ3v) is 12.2. The minimum atomic E-state index is -4.24. The maximum atomic E-state index is 11.4. The van der Waals surface area contributed by atoms with Gasteiger partial charge < -0.3 is 29.5 Å². The molecule has 2 aliphatic heterocycles. The lowest BCUT2D eigenvalue weighted by molar-refractivity contribution is 0.0972. The molecule has 0 bridgehead atoms. The molecule has 0 amide bonds. The van der Waals surface area contributed by atoms with Crippen LogP contribution in [0.1, 0.15) is 52.6 Å². The van der Waals surface area contributed by atoms with Crippen molar-refractivity contribution in [2.75, 3.05) is 19.6 Å². The van der Waals surface area contributed by atoms with Gasteiger partial charge in [0.1, 0.15) is 25.6 Å². The molecule has 0 aliphatic carbocycles. The van der Waals surface area contributed by atoms with Gasteiger partial charge in [0.2, 0.25) is 30.1 Å². The fourth-order valence-corrected chi connectivity index (χ4v) is 8.25. The molecule has 7 heterocycles. The highest BCUT2D eigenvalue weighted by molar-refractivity contribution is 7.90. The molecule has 5 aromatic heterocycles. The number of carbonyl (C=O) groups excluding carboxylic acids is 2. The molecule has 8 N–H and O–H groups in total. The third-order valence-electron chi connectivity index (χ3n) is 6.90. The van der Waals surface area contributed by atoms with E-state index in [1.54, 1.807) is 6.20 Å². The molecule has 7 rings (SSSR count). The van der Waals surface area contributed by atoms with Crippen molar-refractivity contribution in [3.63, 3.8) is 0 Å². The molecule has 0 spiro atoms. The van der Waals surface area contributed by atoms with Crippen LogP contribution in [0.25, 0.3) is 0 Å². The zero-order valence-electron chi connectivity index (χ0n) is 28.4. The number of sulfonamides is 3. The fourth-order valence-electron chi connectivity index (χ4n) is 4.27. The summed E-state index contributed by atoms with van der Waals surface area (Å²) in [6.45, 7) is 4.79. The number of aromatic amines is 5. The molecule has 19 nitrogen and oxygen atoms in total. The molecule has 0 saturated heterocycles. The van der Waals surface area contributed by atoms with E-state index in [9.17, 15) is 47.8 Å². The number of H-pyrrole nitrogens is 5. The van der Waals surface area contributed by atoms with E-state index in [0.29, 0.717) is 6.54 Å². The van der Waals surface area contributed by atoms with Crippen LogP contribution in [0.3, 0.4) is 0 Å². The Labute approximate surface area is 306 Å². The van der Waals surface area contributed by atoms with Crippen molar-refractivity contribution in [3.05, 3.63) is 96.9 Å². The number of hydrogen-bond acceptors (Lipinski definition) is 11. The highest BCUT2D eigenvalue weighted by atomic mass is 32.2. The van der Waals surface area contributed by atoms with Crippen molar-refractivity contribution >= 4 is 51.8 Å². The van der Waals surface area contributed by atoms with Crippen molar-refractivity contribution in [3.8, 4) is 0 Å². The quantitative estimate of drug-likeness (QED) is 0.118. The van der Waals surface area contributed by atoms with Crippen molar-refractivity contribution in [1.29, 1.82) is 0 Å². The molecule has 0 fully saturated rings. The van der Waals surface area contributed by atoms with E-state index in [-0.39, 0.29) is 68.3 Å². The van der Waals surface area contributed by atoms with Gasteiger partial charge in [0, 0.05) is 88.2 Å². The predicted octanol–water partition coefficient (Wildman–Crippen LogP) is 1.70. The Morgan fingerprint density at radius 1 is 0.698 bits per heavy atom. The summed E-state index contributed by atoms with van der Waals surface area (Å²) >= 11 is 0. The molecule has 53 heavy (non-hydrogen) atoms. The molecule has 0 aromatic carbocycles. The fraction of sp³-hybridized carbons (Fsp3) is 0.267. The second kappa shape index (κ2) is 18.9. The Bertz CT molecular complexity index is 2260. The number of rotatable bonds is 5. The number of ketones is 2. The number of hydrogen-bond donors (Lipinski definition) is 8. The van der Waals surface area contributed by atoms with Crippen LogP contribution in [-0.2, 0) is 40.2 Å². The molecular weight excluding hydrogens is 777 g/mol. The minimum absolute atomic E-state index is 0.0509. The molecule has 23 heteroatoms. The summed E-state index contributed by atoms with van der Waals surface area (Å²) in [6.07, 6.45) is 14.8. The van der Waals surface area contributed by atoms with Crippen molar-refractivity contribution in [2.24, 2.45) is 0 Å². The van der Waals surface area contributed by atoms with Crippen LogP contribution >= 0.6 is 0 Å². The summed E-state index contributed by atoms with van der Waals surface area (Å²) in [5.41, 5.74) is 1.73. The van der Waals surface area contributed by atoms with Crippen LogP contribution in [0.2, 0.25) is 0 Å². The van der Waals surface area contributed by atoms with Crippen molar-refractivity contribution in [2.45, 2.75) is 52.7 Å². The van der Waals surface area contributed by atoms with E-state index in [1.807, 2.05) is 25.4 Å². The number of carbonyl (C=O) groups is 2. The molecule has 0 atom stereocenters. The molecule has 290 valence electrons. The van der Waals surface area contributed by atoms with Gasteiger partial charge >= 0.3 is 0 Å². The van der Waals surface area contributed by atoms with Crippen LogP contribution in [0.4, 0.5) is 0 Å². The molecule has 2 aliphatic rings. The Morgan fingerprint density at radius 2 is 1.26 bits per heavy atom. The largest absolute Gasteiger partial charge is 0.744 e. The topological polar surface area (TPSA) is 309 Å². The van der Waals surface area contributed by atoms with E-state index in [4.69, 9.17) is 0 Å². The monoisotopic (exact) mass is 815 g/mol. The highest BCUT2D eigenvalue weighted by Gasteiger charge is 2.27. The van der Waals surface area contributed by atoms with Gasteiger partial charge in [0.15, 0.2) is 11.6 Å². The number of aromatic nitrogens is 5. The van der Waals surface area contributed by atoms with Crippen LogP contribution in [0, 0.1) is 6.92 Å². The van der Waals surface area contributed by atoms with Gasteiger partial charge in [0.05, 0.1) is 15.4 Å². The average Bonchev–Trinajstić information content (AvgIpc) is 3.93. The lowest BCUT2D eigenvalue weighted by Crippen LogP contribution is -2.23. The van der Waals surface area contributed by atoms with Gasteiger partial charge in [0.25, 0.3) is 0 Å². The SMILES string of the molecule is CCCNS(=O)(=O)c1cc[nH]c1.Cc1cc[nH]c1.O=C1CCNS(=O)(=O)c2c[nH]cc21.O=C1CCNS(=O)(=O)c2cc[nH]c21.O=S(=O)([O-])c1cc[nH]c1. The van der Waals surface area contributed by atoms with Crippen LogP contribution in [-0.4, -0.2) is 94.3 Å². The normalized spacial score (nSPS) is 15.8. The van der Waals surface area contributed by atoms with E-state index >= 15 is 0 Å². The Hall–Kier alpha value is -4.62. The first-order chi connectivity index (χ1) is 24.9. The van der Waals surface area contributed by atoms with Gasteiger partial charge in [-0.2, -0.15) is 0 Å². The summed E-state index contributed by atoms with van der Waals surface area (Å²) in [6, 6.07) is 6.15. The van der Waals surface area contributed by atoms with Gasteiger partial charge in [-0.05, 0) is 43.2 Å². The van der Waals surface area contributed by atoms with Crippen LogP contribution in [0.15, 0.2) is 99.6 Å². The molecule has 0 unspecified atom stereocenters.